The van der Waals surface area contributed by atoms with Gasteiger partial charge in [-0.05, 0) is 125 Å². The summed E-state index contributed by atoms with van der Waals surface area (Å²) in [6.07, 6.45) is 8.82. The second-order valence-electron chi connectivity index (χ2n) is 14.6. The first-order valence-corrected chi connectivity index (χ1v) is 17.0. The molecule has 242 valence electrons. The van der Waals surface area contributed by atoms with Crippen LogP contribution in [0.5, 0.6) is 0 Å². The number of methoxy groups -OCH3 is 2. The van der Waals surface area contributed by atoms with Gasteiger partial charge >= 0.3 is 0 Å². The van der Waals surface area contributed by atoms with Gasteiger partial charge in [0.1, 0.15) is 11.9 Å². The monoisotopic (exact) mass is 594 g/mol. The van der Waals surface area contributed by atoms with Crippen molar-refractivity contribution in [3.63, 3.8) is 0 Å². The number of piperidine rings is 1. The van der Waals surface area contributed by atoms with Crippen molar-refractivity contribution in [2.24, 2.45) is 46.7 Å². The van der Waals surface area contributed by atoms with Gasteiger partial charge in [-0.25, -0.2) is 0 Å². The molecule has 0 radical (unpaired) electrons. The van der Waals surface area contributed by atoms with Crippen molar-refractivity contribution in [2.45, 2.75) is 139 Å². The molecule has 5 rings (SSSR count). The summed E-state index contributed by atoms with van der Waals surface area (Å²) in [5, 5.41) is 46.6. The van der Waals surface area contributed by atoms with Crippen LogP contribution >= 0.6 is 0 Å². The maximum atomic E-state index is 14.5. The number of aliphatic hydroxyl groups excluding tert-OH is 4. The summed E-state index contributed by atoms with van der Waals surface area (Å²) >= 11 is 0. The minimum absolute atomic E-state index is 0.0594. The number of aliphatic hydroxyl groups is 4. The molecule has 7 N–H and O–H groups in total. The summed E-state index contributed by atoms with van der Waals surface area (Å²) in [7, 11) is 3.22. The molecule has 42 heavy (non-hydrogen) atoms. The molecule has 10 unspecified atom stereocenters. The highest BCUT2D eigenvalue weighted by molar-refractivity contribution is 5.82. The minimum Gasteiger partial charge on any atom is -0.392 e. The van der Waals surface area contributed by atoms with Gasteiger partial charge in [-0.3, -0.25) is 4.79 Å². The fourth-order valence-corrected chi connectivity index (χ4v) is 10.6. The second kappa shape index (κ2) is 14.2. The Bertz CT molecular complexity index is 892. The average molecular weight is 595 g/mol. The molecule has 4 saturated carbocycles. The van der Waals surface area contributed by atoms with Gasteiger partial charge in [0.2, 0.25) is 0 Å². The van der Waals surface area contributed by atoms with Gasteiger partial charge in [0.15, 0.2) is 0 Å². The molecule has 1 heterocycles. The Hall–Kier alpha value is -0.650. The molecule has 4 aliphatic carbocycles. The van der Waals surface area contributed by atoms with E-state index < -0.39 is 36.4 Å². The second-order valence-corrected chi connectivity index (χ2v) is 14.6. The summed E-state index contributed by atoms with van der Waals surface area (Å²) in [4.78, 5) is 14.5. The number of carbonyl (C=O) groups excluding carboxylic acids is 1. The van der Waals surface area contributed by atoms with Crippen molar-refractivity contribution >= 4 is 5.78 Å². The SMILES string of the molecule is COC1CC(CC[C@@H](O)[C@H](C(=O)CCC2CC(O)C(O)C(OC)C2)[C@]23CCC[C@H]2CCC2C(N)NCCC23)CCC1O. The molecule has 9 nitrogen and oxygen atoms in total. The summed E-state index contributed by atoms with van der Waals surface area (Å²) in [6, 6.07) is 0. The summed E-state index contributed by atoms with van der Waals surface area (Å²) < 4.78 is 11.0. The van der Waals surface area contributed by atoms with Crippen LogP contribution in [0.2, 0.25) is 0 Å². The summed E-state index contributed by atoms with van der Waals surface area (Å²) in [6.45, 7) is 0.858. The Morgan fingerprint density at radius 3 is 2.45 bits per heavy atom. The number of Topliss-reactive ketones (excluding diaryl/α,β-unsaturated/α-hetero) is 1. The van der Waals surface area contributed by atoms with E-state index in [0.717, 1.165) is 64.3 Å². The number of hydrogen-bond donors (Lipinski definition) is 6. The molecule has 5 fully saturated rings. The zero-order valence-electron chi connectivity index (χ0n) is 25.9. The molecule has 0 spiro atoms. The predicted octanol–water partition coefficient (Wildman–Crippen LogP) is 2.51. The first-order chi connectivity index (χ1) is 20.2. The number of nitrogens with one attached hydrogen (secondary N) is 1. The lowest BCUT2D eigenvalue weighted by molar-refractivity contribution is -0.152. The number of ketones is 1. The topological polar surface area (TPSA) is 154 Å². The van der Waals surface area contributed by atoms with Gasteiger partial charge < -0.3 is 41.0 Å². The lowest BCUT2D eigenvalue weighted by Crippen LogP contribution is -2.62. The van der Waals surface area contributed by atoms with Crippen LogP contribution in [0.4, 0.5) is 0 Å². The zero-order chi connectivity index (χ0) is 30.0. The highest BCUT2D eigenvalue weighted by Gasteiger charge is 2.61. The fraction of sp³-hybridized carbons (Fsp3) is 0.970. The third-order valence-corrected chi connectivity index (χ3v) is 12.6. The van der Waals surface area contributed by atoms with Crippen molar-refractivity contribution in [3.05, 3.63) is 0 Å². The van der Waals surface area contributed by atoms with Crippen molar-refractivity contribution in [3.8, 4) is 0 Å². The van der Waals surface area contributed by atoms with Crippen LogP contribution in [0.3, 0.4) is 0 Å². The van der Waals surface area contributed by atoms with Crippen LogP contribution in [-0.4, -0.2) is 89.8 Å². The van der Waals surface area contributed by atoms with E-state index in [0.29, 0.717) is 62.2 Å². The number of nitrogens with two attached hydrogens (primary N) is 1. The van der Waals surface area contributed by atoms with Gasteiger partial charge in [0, 0.05) is 26.6 Å². The van der Waals surface area contributed by atoms with Gasteiger partial charge in [0.05, 0.1) is 36.7 Å². The van der Waals surface area contributed by atoms with Crippen LogP contribution in [0.1, 0.15) is 96.3 Å². The third kappa shape index (κ3) is 6.50. The van der Waals surface area contributed by atoms with E-state index in [1.54, 1.807) is 14.2 Å². The molecule has 0 aromatic carbocycles. The summed E-state index contributed by atoms with van der Waals surface area (Å²) in [5.41, 5.74) is 6.42. The van der Waals surface area contributed by atoms with Crippen LogP contribution in [0.25, 0.3) is 0 Å². The Morgan fingerprint density at radius 2 is 1.69 bits per heavy atom. The van der Waals surface area contributed by atoms with E-state index in [2.05, 4.69) is 5.32 Å². The molecule has 14 atom stereocenters. The first kappa shape index (κ1) is 32.7. The molecule has 1 aliphatic heterocycles. The first-order valence-electron chi connectivity index (χ1n) is 17.0. The van der Waals surface area contributed by atoms with E-state index in [-0.39, 0.29) is 29.4 Å². The highest BCUT2D eigenvalue weighted by atomic mass is 16.5. The van der Waals surface area contributed by atoms with E-state index in [4.69, 9.17) is 15.2 Å². The number of rotatable bonds is 11. The lowest BCUT2D eigenvalue weighted by Gasteiger charge is -2.57. The number of fused-ring (bicyclic) bond motifs is 3. The largest absolute Gasteiger partial charge is 0.392 e. The van der Waals surface area contributed by atoms with E-state index in [1.165, 1.54) is 0 Å². The standard InChI is InChI=1S/C33H58N2O7/c1-41-28-17-19(5-10-24(28)36)6-11-25(37)30(26(38)12-7-20-16-27(39)31(40)29(18-20)42-2)33-14-3-4-21(33)8-9-22-23(33)13-15-35-32(22)34/h19-25,27-32,35-37,39-40H,3-18,34H2,1-2H3/t19?,20?,21-,22?,23?,24?,25+,27?,28?,29?,30+,31?,32?,33+/m0/s1. The van der Waals surface area contributed by atoms with Crippen LogP contribution in [0.15, 0.2) is 0 Å². The average Bonchev–Trinajstić information content (AvgIpc) is 3.42. The Kier molecular flexibility index (Phi) is 11.1. The van der Waals surface area contributed by atoms with Gasteiger partial charge in [0.25, 0.3) is 0 Å². The van der Waals surface area contributed by atoms with Gasteiger partial charge in [-0.15, -0.1) is 0 Å². The van der Waals surface area contributed by atoms with Crippen LogP contribution in [0, 0.1) is 40.9 Å². The van der Waals surface area contributed by atoms with Gasteiger partial charge in [-0.2, -0.15) is 0 Å². The molecule has 1 saturated heterocycles. The fourth-order valence-electron chi connectivity index (χ4n) is 10.6. The molecule has 0 bridgehead atoms. The predicted molar refractivity (Wildman–Crippen MR) is 159 cm³/mol. The molecule has 0 amide bonds. The number of carbonyl (C=O) groups is 1. The quantitative estimate of drug-likeness (QED) is 0.212. The van der Waals surface area contributed by atoms with Crippen LogP contribution in [-0.2, 0) is 14.3 Å². The third-order valence-electron chi connectivity index (χ3n) is 12.6. The van der Waals surface area contributed by atoms with Crippen molar-refractivity contribution in [1.29, 1.82) is 0 Å². The van der Waals surface area contributed by atoms with Crippen molar-refractivity contribution < 1.29 is 34.7 Å². The van der Waals surface area contributed by atoms with Crippen molar-refractivity contribution in [2.75, 3.05) is 20.8 Å². The number of hydrogen-bond acceptors (Lipinski definition) is 9. The molecule has 5 aliphatic rings. The van der Waals surface area contributed by atoms with Gasteiger partial charge in [-0.1, -0.05) is 6.42 Å². The maximum Gasteiger partial charge on any atom is 0.139 e. The molecule has 0 aromatic heterocycles. The smallest absolute Gasteiger partial charge is 0.139 e. The van der Waals surface area contributed by atoms with E-state index in [1.807, 2.05) is 0 Å². The number of ether oxygens (including phenoxy) is 2. The Balaban J connectivity index is 1.35. The molecule has 0 aromatic rings. The van der Waals surface area contributed by atoms with E-state index >= 15 is 0 Å². The Labute approximate surface area is 252 Å². The van der Waals surface area contributed by atoms with E-state index in [9.17, 15) is 25.2 Å². The molecule has 9 heteroatoms. The molecular formula is C33H58N2O7. The minimum atomic E-state index is -0.892. The van der Waals surface area contributed by atoms with Crippen molar-refractivity contribution in [1.82, 2.24) is 5.32 Å². The zero-order valence-corrected chi connectivity index (χ0v) is 25.9. The lowest BCUT2D eigenvalue weighted by atomic mass is 9.48. The summed E-state index contributed by atoms with van der Waals surface area (Å²) in [5.74, 6) is 1.34. The molecular weight excluding hydrogens is 536 g/mol. The maximum absolute atomic E-state index is 14.5. The van der Waals surface area contributed by atoms with Crippen LogP contribution < -0.4 is 11.1 Å². The Morgan fingerprint density at radius 1 is 0.929 bits per heavy atom. The normalized spacial score (nSPS) is 45.5. The highest BCUT2D eigenvalue weighted by Crippen LogP contribution is 2.64.